The van der Waals surface area contributed by atoms with Gasteiger partial charge in [0, 0.05) is 25.7 Å². The van der Waals surface area contributed by atoms with Gasteiger partial charge in [0.05, 0.1) is 13.2 Å². The Labute approximate surface area is 194 Å². The van der Waals surface area contributed by atoms with E-state index in [4.69, 9.17) is 14.2 Å². The molecule has 164 valence electrons. The van der Waals surface area contributed by atoms with E-state index in [0.29, 0.717) is 32.7 Å². The van der Waals surface area contributed by atoms with Crippen molar-refractivity contribution in [1.82, 2.24) is 10.2 Å². The minimum Gasteiger partial charge on any atom is -0.492 e. The van der Waals surface area contributed by atoms with E-state index in [1.54, 1.807) is 0 Å². The second-order valence-corrected chi connectivity index (χ2v) is 6.73. The Morgan fingerprint density at radius 2 is 2.07 bits per heavy atom. The number of aliphatic imine (C=N–C) groups is 1. The molecule has 2 aromatic rings. The Hall–Kier alpha value is -2.07. The summed E-state index contributed by atoms with van der Waals surface area (Å²) in [7, 11) is 1.97. The fraction of sp³-hybridized carbons (Fsp3) is 0.409. The first-order chi connectivity index (χ1) is 14.2. The molecule has 30 heavy (non-hydrogen) atoms. The van der Waals surface area contributed by atoms with Gasteiger partial charge in [-0.25, -0.2) is 4.39 Å². The number of rotatable bonds is 8. The Morgan fingerprint density at radius 1 is 1.27 bits per heavy atom. The van der Waals surface area contributed by atoms with Crippen LogP contribution in [0.5, 0.6) is 11.5 Å². The third kappa shape index (κ3) is 7.02. The summed E-state index contributed by atoms with van der Waals surface area (Å²) in [5, 5.41) is 3.29. The molecule has 0 aromatic heterocycles. The number of hydrogen-bond donors (Lipinski definition) is 1. The van der Waals surface area contributed by atoms with Gasteiger partial charge in [-0.05, 0) is 43.2 Å². The van der Waals surface area contributed by atoms with Crippen molar-refractivity contribution in [3.8, 4) is 11.5 Å². The van der Waals surface area contributed by atoms with Crippen LogP contribution in [0.3, 0.4) is 0 Å². The second kappa shape index (κ2) is 12.6. The summed E-state index contributed by atoms with van der Waals surface area (Å²) in [6.07, 6.45) is 0.587. The summed E-state index contributed by atoms with van der Waals surface area (Å²) in [5.41, 5.74) is 1.57. The van der Waals surface area contributed by atoms with Crippen molar-refractivity contribution < 1.29 is 18.6 Å². The van der Waals surface area contributed by atoms with Crippen molar-refractivity contribution in [1.29, 1.82) is 0 Å². The normalized spacial score (nSPS) is 13.0. The van der Waals surface area contributed by atoms with Crippen molar-refractivity contribution in [2.75, 3.05) is 40.1 Å². The van der Waals surface area contributed by atoms with Gasteiger partial charge in [0.2, 0.25) is 0 Å². The molecule has 1 aliphatic rings. The second-order valence-electron chi connectivity index (χ2n) is 6.73. The van der Waals surface area contributed by atoms with Crippen LogP contribution in [-0.4, -0.2) is 50.9 Å². The fourth-order valence-corrected chi connectivity index (χ4v) is 3.12. The highest BCUT2D eigenvalue weighted by Crippen LogP contribution is 2.29. The third-order valence-corrected chi connectivity index (χ3v) is 4.53. The zero-order chi connectivity index (χ0) is 20.5. The maximum atomic E-state index is 13.9. The molecule has 1 heterocycles. The van der Waals surface area contributed by atoms with Crippen LogP contribution in [-0.2, 0) is 17.8 Å². The number of benzene rings is 2. The molecule has 0 fully saturated rings. The molecule has 0 bridgehead atoms. The lowest BCUT2D eigenvalue weighted by Crippen LogP contribution is -2.41. The maximum Gasteiger partial charge on any atom is 0.193 e. The van der Waals surface area contributed by atoms with Gasteiger partial charge in [-0.1, -0.05) is 18.2 Å². The summed E-state index contributed by atoms with van der Waals surface area (Å²) in [6.45, 7) is 5.12. The van der Waals surface area contributed by atoms with Crippen LogP contribution in [0, 0.1) is 5.82 Å². The van der Waals surface area contributed by atoms with E-state index in [2.05, 4.69) is 10.3 Å². The lowest BCUT2D eigenvalue weighted by atomic mass is 10.1. The highest BCUT2D eigenvalue weighted by molar-refractivity contribution is 14.0. The Kier molecular flexibility index (Phi) is 10.2. The van der Waals surface area contributed by atoms with Crippen LogP contribution in [0.4, 0.5) is 4.39 Å². The number of fused-ring (bicyclic) bond motifs is 1. The monoisotopic (exact) mass is 529 g/mol. The molecule has 0 radical (unpaired) electrons. The maximum absolute atomic E-state index is 13.9. The van der Waals surface area contributed by atoms with Gasteiger partial charge in [0.25, 0.3) is 0 Å². The quantitative estimate of drug-likeness (QED) is 0.320. The van der Waals surface area contributed by atoms with E-state index in [9.17, 15) is 4.39 Å². The van der Waals surface area contributed by atoms with Gasteiger partial charge in [-0.15, -0.1) is 24.0 Å². The zero-order valence-corrected chi connectivity index (χ0v) is 19.7. The number of hydrogen-bond acceptors (Lipinski definition) is 4. The van der Waals surface area contributed by atoms with E-state index in [1.165, 1.54) is 12.1 Å². The van der Waals surface area contributed by atoms with Crippen LogP contribution >= 0.6 is 24.0 Å². The van der Waals surface area contributed by atoms with Crippen LogP contribution < -0.4 is 14.8 Å². The molecule has 0 atom stereocenters. The van der Waals surface area contributed by atoms with Gasteiger partial charge in [0.15, 0.2) is 12.8 Å². The largest absolute Gasteiger partial charge is 0.492 e. The average molecular weight is 529 g/mol. The first kappa shape index (κ1) is 24.2. The van der Waals surface area contributed by atoms with Crippen molar-refractivity contribution >= 4 is 29.9 Å². The Morgan fingerprint density at radius 3 is 2.83 bits per heavy atom. The van der Waals surface area contributed by atoms with Crippen molar-refractivity contribution in [2.24, 2.45) is 4.99 Å². The predicted octanol–water partition coefficient (Wildman–Crippen LogP) is 3.83. The summed E-state index contributed by atoms with van der Waals surface area (Å²) in [4.78, 5) is 6.71. The molecule has 1 N–H and O–H groups in total. The minimum atomic E-state index is -0.279. The zero-order valence-electron chi connectivity index (χ0n) is 17.4. The van der Waals surface area contributed by atoms with Crippen molar-refractivity contribution in [3.05, 3.63) is 59.4 Å². The smallest absolute Gasteiger partial charge is 0.193 e. The molecular weight excluding hydrogens is 500 g/mol. The highest BCUT2D eigenvalue weighted by Gasteiger charge is 2.16. The topological polar surface area (TPSA) is 55.3 Å². The van der Waals surface area contributed by atoms with Crippen molar-refractivity contribution in [3.63, 3.8) is 0 Å². The lowest BCUT2D eigenvalue weighted by molar-refractivity contribution is -0.0172. The van der Waals surface area contributed by atoms with E-state index in [-0.39, 0.29) is 36.6 Å². The van der Waals surface area contributed by atoms with E-state index in [1.807, 2.05) is 49.2 Å². The Balaban J connectivity index is 0.00000320. The van der Waals surface area contributed by atoms with E-state index < -0.39 is 0 Å². The molecule has 3 rings (SSSR count). The number of guanidine groups is 1. The third-order valence-electron chi connectivity index (χ3n) is 4.53. The van der Waals surface area contributed by atoms with E-state index in [0.717, 1.165) is 35.1 Å². The molecular formula is C22H29FIN3O3. The standard InChI is InChI=1S/C22H28FN3O3.HI/c1-3-24-22(26(2)11-12-28-20-7-5-4-6-8-20)25-10-9-17-13-19(23)14-18-15-27-16-29-21(17)18;/h4-8,13-14H,3,9-12,15-16H2,1-2H3,(H,24,25);1H. The van der Waals surface area contributed by atoms with Crippen LogP contribution in [0.2, 0.25) is 0 Å². The number of para-hydroxylation sites is 1. The van der Waals surface area contributed by atoms with Crippen LogP contribution in [0.25, 0.3) is 0 Å². The molecule has 0 amide bonds. The summed E-state index contributed by atoms with van der Waals surface area (Å²) in [6, 6.07) is 12.7. The van der Waals surface area contributed by atoms with Gasteiger partial charge < -0.3 is 24.4 Å². The first-order valence-corrected chi connectivity index (χ1v) is 9.86. The van der Waals surface area contributed by atoms with Crippen LogP contribution in [0.1, 0.15) is 18.1 Å². The summed E-state index contributed by atoms with van der Waals surface area (Å²) >= 11 is 0. The number of halogens is 2. The number of likely N-dealkylation sites (N-methyl/N-ethyl adjacent to an activating group) is 1. The van der Waals surface area contributed by atoms with Gasteiger partial charge in [-0.3, -0.25) is 4.99 Å². The molecule has 0 saturated carbocycles. The SMILES string of the molecule is CCNC(=NCCc1cc(F)cc2c1OCOC2)N(C)CCOc1ccccc1.I. The summed E-state index contributed by atoms with van der Waals surface area (Å²) < 4.78 is 30.5. The van der Waals surface area contributed by atoms with Crippen molar-refractivity contribution in [2.45, 2.75) is 20.0 Å². The molecule has 0 aliphatic carbocycles. The first-order valence-electron chi connectivity index (χ1n) is 9.86. The molecule has 0 unspecified atom stereocenters. The van der Waals surface area contributed by atoms with Gasteiger partial charge in [-0.2, -0.15) is 0 Å². The molecule has 8 heteroatoms. The fourth-order valence-electron chi connectivity index (χ4n) is 3.12. The molecule has 0 spiro atoms. The van der Waals surface area contributed by atoms with E-state index >= 15 is 0 Å². The Bertz CT molecular complexity index is 821. The van der Waals surface area contributed by atoms with Gasteiger partial charge in [0.1, 0.15) is 23.9 Å². The molecule has 2 aromatic carbocycles. The summed E-state index contributed by atoms with van der Waals surface area (Å²) in [5.74, 6) is 2.09. The molecule has 0 saturated heterocycles. The highest BCUT2D eigenvalue weighted by atomic mass is 127. The van der Waals surface area contributed by atoms with Gasteiger partial charge >= 0.3 is 0 Å². The minimum absolute atomic E-state index is 0. The number of ether oxygens (including phenoxy) is 3. The average Bonchev–Trinajstić information content (AvgIpc) is 2.73. The molecule has 1 aliphatic heterocycles. The molecule has 6 nitrogen and oxygen atoms in total. The van der Waals surface area contributed by atoms with Crippen LogP contribution in [0.15, 0.2) is 47.5 Å². The number of nitrogens with zero attached hydrogens (tertiary/aromatic N) is 2. The number of nitrogens with one attached hydrogen (secondary N) is 1. The predicted molar refractivity (Wildman–Crippen MR) is 126 cm³/mol. The lowest BCUT2D eigenvalue weighted by Gasteiger charge is -2.23.